The fourth-order valence-electron chi connectivity index (χ4n) is 2.36. The molecule has 0 aliphatic heterocycles. The topological polar surface area (TPSA) is 41.5 Å². The van der Waals surface area contributed by atoms with Crippen LogP contribution >= 0.6 is 0 Å². The average Bonchev–Trinajstić information content (AvgIpc) is 2.33. The largest absolute Gasteiger partial charge is 0.497 e. The van der Waals surface area contributed by atoms with Crippen LogP contribution in [0.3, 0.4) is 0 Å². The molecular weight excluding hydrogens is 214 g/mol. The molecule has 1 aliphatic carbocycles. The Morgan fingerprint density at radius 1 is 1.35 bits per heavy atom. The van der Waals surface area contributed by atoms with Gasteiger partial charge in [-0.3, -0.25) is 0 Å². The summed E-state index contributed by atoms with van der Waals surface area (Å²) < 4.78 is 5.15. The average molecular weight is 235 g/mol. The Hall–Kier alpha value is -1.06. The predicted octanol–water partition coefficient (Wildman–Crippen LogP) is 1.91. The number of rotatable bonds is 5. The molecule has 17 heavy (non-hydrogen) atoms. The highest BCUT2D eigenvalue weighted by molar-refractivity contribution is 5.30. The van der Waals surface area contributed by atoms with E-state index in [1.807, 2.05) is 19.1 Å². The third-order valence-corrected chi connectivity index (χ3v) is 3.52. The Morgan fingerprint density at radius 3 is 2.53 bits per heavy atom. The molecule has 0 heterocycles. The first-order chi connectivity index (χ1) is 8.22. The van der Waals surface area contributed by atoms with E-state index in [1.165, 1.54) is 5.56 Å². The van der Waals surface area contributed by atoms with Crippen LogP contribution in [0.4, 0.5) is 0 Å². The Bertz CT molecular complexity index is 344. The number of nitrogens with one attached hydrogen (secondary N) is 1. The van der Waals surface area contributed by atoms with Crippen molar-refractivity contribution in [2.75, 3.05) is 13.7 Å². The van der Waals surface area contributed by atoms with Crippen molar-refractivity contribution in [2.24, 2.45) is 0 Å². The number of hydrogen-bond acceptors (Lipinski definition) is 3. The van der Waals surface area contributed by atoms with Gasteiger partial charge >= 0.3 is 0 Å². The third kappa shape index (κ3) is 2.99. The monoisotopic (exact) mass is 235 g/mol. The van der Waals surface area contributed by atoms with Crippen LogP contribution in [-0.2, 0) is 0 Å². The lowest BCUT2D eigenvalue weighted by Gasteiger charge is -2.38. The van der Waals surface area contributed by atoms with Crippen molar-refractivity contribution in [1.82, 2.24) is 5.32 Å². The zero-order valence-corrected chi connectivity index (χ0v) is 10.5. The van der Waals surface area contributed by atoms with Gasteiger partial charge in [0.25, 0.3) is 0 Å². The van der Waals surface area contributed by atoms with Gasteiger partial charge < -0.3 is 15.2 Å². The second-order valence-corrected chi connectivity index (χ2v) is 4.89. The van der Waals surface area contributed by atoms with E-state index < -0.39 is 0 Å². The van der Waals surface area contributed by atoms with Crippen molar-refractivity contribution in [3.63, 3.8) is 0 Å². The molecule has 1 aliphatic rings. The summed E-state index contributed by atoms with van der Waals surface area (Å²) in [5.41, 5.74) is 1.39. The molecule has 94 valence electrons. The standard InChI is InChI=1S/C14H21NO2/c1-10(9-16)15-13-7-12(8-13)11-3-5-14(17-2)6-4-11/h3-6,10,12-13,15-16H,7-9H2,1-2H3/t10-,12?,13?/m1/s1. The van der Waals surface area contributed by atoms with Gasteiger partial charge in [-0.05, 0) is 43.4 Å². The van der Waals surface area contributed by atoms with E-state index in [-0.39, 0.29) is 12.6 Å². The highest BCUT2D eigenvalue weighted by Crippen LogP contribution is 2.37. The summed E-state index contributed by atoms with van der Waals surface area (Å²) in [6.07, 6.45) is 2.33. The summed E-state index contributed by atoms with van der Waals surface area (Å²) in [6, 6.07) is 9.10. The van der Waals surface area contributed by atoms with Crippen LogP contribution in [0.2, 0.25) is 0 Å². The van der Waals surface area contributed by atoms with Crippen molar-refractivity contribution in [3.05, 3.63) is 29.8 Å². The van der Waals surface area contributed by atoms with Gasteiger partial charge in [0.15, 0.2) is 0 Å². The summed E-state index contributed by atoms with van der Waals surface area (Å²) in [7, 11) is 1.69. The van der Waals surface area contributed by atoms with E-state index in [4.69, 9.17) is 9.84 Å². The molecule has 0 aromatic heterocycles. The first-order valence-electron chi connectivity index (χ1n) is 6.23. The molecule has 0 saturated heterocycles. The van der Waals surface area contributed by atoms with Crippen molar-refractivity contribution in [1.29, 1.82) is 0 Å². The maximum atomic E-state index is 8.97. The first kappa shape index (κ1) is 12.4. The Morgan fingerprint density at radius 2 is 2.00 bits per heavy atom. The number of aliphatic hydroxyl groups excluding tert-OH is 1. The predicted molar refractivity (Wildman–Crippen MR) is 68.4 cm³/mol. The molecule has 0 amide bonds. The van der Waals surface area contributed by atoms with Gasteiger partial charge in [0.2, 0.25) is 0 Å². The molecular formula is C14H21NO2. The summed E-state index contributed by atoms with van der Waals surface area (Å²) >= 11 is 0. The van der Waals surface area contributed by atoms with Crippen molar-refractivity contribution >= 4 is 0 Å². The molecule has 0 bridgehead atoms. The number of aliphatic hydroxyl groups is 1. The van der Waals surface area contributed by atoms with Gasteiger partial charge in [-0.2, -0.15) is 0 Å². The van der Waals surface area contributed by atoms with E-state index in [0.717, 1.165) is 18.6 Å². The molecule has 2 rings (SSSR count). The first-order valence-corrected chi connectivity index (χ1v) is 6.23. The maximum absolute atomic E-state index is 8.97. The van der Waals surface area contributed by atoms with Crippen molar-refractivity contribution in [2.45, 2.75) is 37.8 Å². The fraction of sp³-hybridized carbons (Fsp3) is 0.571. The number of benzene rings is 1. The quantitative estimate of drug-likeness (QED) is 0.819. The second kappa shape index (κ2) is 5.52. The third-order valence-electron chi connectivity index (χ3n) is 3.52. The van der Waals surface area contributed by atoms with Crippen LogP contribution in [-0.4, -0.2) is 30.9 Å². The Labute approximate surface area is 103 Å². The van der Waals surface area contributed by atoms with Crippen LogP contribution in [0, 0.1) is 0 Å². The SMILES string of the molecule is COc1ccc(C2CC(N[C@H](C)CO)C2)cc1. The molecule has 1 atom stereocenters. The molecule has 1 fully saturated rings. The van der Waals surface area contributed by atoms with Crippen molar-refractivity contribution < 1.29 is 9.84 Å². The smallest absolute Gasteiger partial charge is 0.118 e. The van der Waals surface area contributed by atoms with E-state index in [2.05, 4.69) is 17.4 Å². The molecule has 2 N–H and O–H groups in total. The van der Waals surface area contributed by atoms with Crippen LogP contribution in [0.5, 0.6) is 5.75 Å². The van der Waals surface area contributed by atoms with Gasteiger partial charge in [-0.15, -0.1) is 0 Å². The summed E-state index contributed by atoms with van der Waals surface area (Å²) in [4.78, 5) is 0. The summed E-state index contributed by atoms with van der Waals surface area (Å²) in [5.74, 6) is 1.57. The van der Waals surface area contributed by atoms with E-state index in [9.17, 15) is 0 Å². The zero-order valence-electron chi connectivity index (χ0n) is 10.5. The van der Waals surface area contributed by atoms with Gasteiger partial charge in [-0.25, -0.2) is 0 Å². The highest BCUT2D eigenvalue weighted by Gasteiger charge is 2.30. The van der Waals surface area contributed by atoms with Gasteiger partial charge in [0.05, 0.1) is 13.7 Å². The van der Waals surface area contributed by atoms with E-state index in [1.54, 1.807) is 7.11 Å². The molecule has 0 unspecified atom stereocenters. The number of methoxy groups -OCH3 is 1. The molecule has 3 heteroatoms. The van der Waals surface area contributed by atoms with Gasteiger partial charge in [0.1, 0.15) is 5.75 Å². The normalized spacial score (nSPS) is 25.1. The summed E-state index contributed by atoms with van der Waals surface area (Å²) in [5, 5.41) is 12.4. The Balaban J connectivity index is 1.82. The van der Waals surface area contributed by atoms with Crippen LogP contribution < -0.4 is 10.1 Å². The minimum absolute atomic E-state index is 0.205. The number of hydrogen-bond donors (Lipinski definition) is 2. The molecule has 0 spiro atoms. The lowest BCUT2D eigenvalue weighted by atomic mass is 9.75. The van der Waals surface area contributed by atoms with Gasteiger partial charge in [0, 0.05) is 12.1 Å². The van der Waals surface area contributed by atoms with E-state index >= 15 is 0 Å². The summed E-state index contributed by atoms with van der Waals surface area (Å²) in [6.45, 7) is 2.23. The second-order valence-electron chi connectivity index (χ2n) is 4.89. The number of ether oxygens (including phenoxy) is 1. The molecule has 1 aromatic rings. The van der Waals surface area contributed by atoms with Crippen LogP contribution in [0.15, 0.2) is 24.3 Å². The van der Waals surface area contributed by atoms with Crippen LogP contribution in [0.1, 0.15) is 31.2 Å². The molecule has 1 aromatic carbocycles. The maximum Gasteiger partial charge on any atom is 0.118 e. The zero-order chi connectivity index (χ0) is 12.3. The van der Waals surface area contributed by atoms with Crippen LogP contribution in [0.25, 0.3) is 0 Å². The highest BCUT2D eigenvalue weighted by atomic mass is 16.5. The lowest BCUT2D eigenvalue weighted by Crippen LogP contribution is -2.45. The minimum Gasteiger partial charge on any atom is -0.497 e. The molecule has 0 radical (unpaired) electrons. The Kier molecular flexibility index (Phi) is 4.02. The fourth-order valence-corrected chi connectivity index (χ4v) is 2.36. The molecule has 1 saturated carbocycles. The van der Waals surface area contributed by atoms with E-state index in [0.29, 0.717) is 12.0 Å². The minimum atomic E-state index is 0.205. The molecule has 3 nitrogen and oxygen atoms in total. The lowest BCUT2D eigenvalue weighted by molar-refractivity contribution is 0.204. The van der Waals surface area contributed by atoms with Crippen molar-refractivity contribution in [3.8, 4) is 5.75 Å². The van der Waals surface area contributed by atoms with Gasteiger partial charge in [-0.1, -0.05) is 12.1 Å².